The highest BCUT2D eigenvalue weighted by atomic mass is 19.1. The molecule has 0 spiro atoms. The van der Waals surface area contributed by atoms with Crippen molar-refractivity contribution in [3.05, 3.63) is 83.1 Å². The van der Waals surface area contributed by atoms with Gasteiger partial charge in [-0.1, -0.05) is 29.4 Å². The Kier molecular flexibility index (Phi) is 4.54. The number of carbonyl (C=O) groups is 1. The molecule has 4 aromatic rings. The second-order valence-electron chi connectivity index (χ2n) is 7.49. The highest BCUT2D eigenvalue weighted by molar-refractivity contribution is 5.83. The van der Waals surface area contributed by atoms with E-state index in [4.69, 9.17) is 4.52 Å². The number of rotatable bonds is 5. The Morgan fingerprint density at radius 3 is 2.90 bits per heavy atom. The van der Waals surface area contributed by atoms with Gasteiger partial charge in [0, 0.05) is 54.2 Å². The SMILES string of the molecule is O=C1CC(c2noc(Cc3c[nH]c4ccccc34)n2)CN1Cc1ccc(F)cc1F. The Morgan fingerprint density at radius 2 is 2.03 bits per heavy atom. The monoisotopic (exact) mass is 408 g/mol. The van der Waals surface area contributed by atoms with Gasteiger partial charge in [-0.15, -0.1) is 0 Å². The topological polar surface area (TPSA) is 75.0 Å². The molecule has 30 heavy (non-hydrogen) atoms. The fraction of sp³-hybridized carbons (Fsp3) is 0.227. The maximum absolute atomic E-state index is 13.9. The third-order valence-electron chi connectivity index (χ3n) is 5.46. The number of benzene rings is 2. The normalized spacial score (nSPS) is 16.7. The largest absolute Gasteiger partial charge is 0.361 e. The number of hydrogen-bond donors (Lipinski definition) is 1. The van der Waals surface area contributed by atoms with Gasteiger partial charge in [0.25, 0.3) is 0 Å². The minimum atomic E-state index is -0.660. The molecule has 5 rings (SSSR count). The van der Waals surface area contributed by atoms with Gasteiger partial charge in [-0.05, 0) is 17.7 Å². The fourth-order valence-electron chi connectivity index (χ4n) is 3.90. The van der Waals surface area contributed by atoms with Crippen molar-refractivity contribution in [3.8, 4) is 0 Å². The summed E-state index contributed by atoms with van der Waals surface area (Å²) in [5, 5.41) is 5.16. The van der Waals surface area contributed by atoms with Crippen LogP contribution in [-0.4, -0.2) is 32.5 Å². The van der Waals surface area contributed by atoms with Crippen LogP contribution in [-0.2, 0) is 17.8 Å². The van der Waals surface area contributed by atoms with Crippen LogP contribution in [0.2, 0.25) is 0 Å². The van der Waals surface area contributed by atoms with Crippen LogP contribution in [0.5, 0.6) is 0 Å². The first-order valence-electron chi connectivity index (χ1n) is 9.66. The average Bonchev–Trinajstić information content (AvgIpc) is 3.44. The molecule has 1 unspecified atom stereocenters. The quantitative estimate of drug-likeness (QED) is 0.543. The summed E-state index contributed by atoms with van der Waals surface area (Å²) in [5.41, 5.74) is 2.37. The van der Waals surface area contributed by atoms with Gasteiger partial charge >= 0.3 is 0 Å². The van der Waals surface area contributed by atoms with Gasteiger partial charge in [0.1, 0.15) is 11.6 Å². The zero-order valence-electron chi connectivity index (χ0n) is 15.9. The molecule has 0 bridgehead atoms. The number of halogens is 2. The molecule has 2 aromatic heterocycles. The molecule has 0 saturated carbocycles. The van der Waals surface area contributed by atoms with Gasteiger partial charge in [-0.2, -0.15) is 4.98 Å². The first-order valence-corrected chi connectivity index (χ1v) is 9.66. The van der Waals surface area contributed by atoms with E-state index in [2.05, 4.69) is 15.1 Å². The number of fused-ring (bicyclic) bond motifs is 1. The lowest BCUT2D eigenvalue weighted by Crippen LogP contribution is -2.25. The number of nitrogens with one attached hydrogen (secondary N) is 1. The van der Waals surface area contributed by atoms with Gasteiger partial charge in [-0.25, -0.2) is 8.78 Å². The first kappa shape index (κ1) is 18.5. The number of aromatic nitrogens is 3. The predicted molar refractivity (Wildman–Crippen MR) is 105 cm³/mol. The molecule has 8 heteroatoms. The zero-order valence-corrected chi connectivity index (χ0v) is 15.9. The Labute approximate surface area is 170 Å². The number of aromatic amines is 1. The Balaban J connectivity index is 1.29. The number of carbonyl (C=O) groups excluding carboxylic acids is 1. The minimum absolute atomic E-state index is 0.0848. The van der Waals surface area contributed by atoms with Crippen LogP contribution >= 0.6 is 0 Å². The van der Waals surface area contributed by atoms with Gasteiger partial charge in [-0.3, -0.25) is 4.79 Å². The lowest BCUT2D eigenvalue weighted by Gasteiger charge is -2.16. The second-order valence-corrected chi connectivity index (χ2v) is 7.49. The van der Waals surface area contributed by atoms with E-state index < -0.39 is 11.6 Å². The average molecular weight is 408 g/mol. The van der Waals surface area contributed by atoms with E-state index in [1.165, 1.54) is 17.0 Å². The van der Waals surface area contributed by atoms with Crippen molar-refractivity contribution in [1.29, 1.82) is 0 Å². The van der Waals surface area contributed by atoms with Crippen molar-refractivity contribution in [2.45, 2.75) is 25.3 Å². The van der Waals surface area contributed by atoms with E-state index in [1.807, 2.05) is 30.5 Å². The van der Waals surface area contributed by atoms with Gasteiger partial charge in [0.15, 0.2) is 5.82 Å². The van der Waals surface area contributed by atoms with Gasteiger partial charge in [0.2, 0.25) is 11.8 Å². The minimum Gasteiger partial charge on any atom is -0.361 e. The van der Waals surface area contributed by atoms with E-state index in [0.29, 0.717) is 24.7 Å². The number of para-hydroxylation sites is 1. The molecule has 1 aliphatic rings. The van der Waals surface area contributed by atoms with Crippen molar-refractivity contribution >= 4 is 16.8 Å². The maximum Gasteiger partial charge on any atom is 0.231 e. The number of nitrogens with zero attached hydrogens (tertiary/aromatic N) is 3. The van der Waals surface area contributed by atoms with Crippen molar-refractivity contribution in [3.63, 3.8) is 0 Å². The lowest BCUT2D eigenvalue weighted by molar-refractivity contribution is -0.128. The highest BCUT2D eigenvalue weighted by Crippen LogP contribution is 2.29. The van der Waals surface area contributed by atoms with E-state index in [1.54, 1.807) is 0 Å². The summed E-state index contributed by atoms with van der Waals surface area (Å²) in [6.45, 7) is 0.448. The molecule has 152 valence electrons. The van der Waals surface area contributed by atoms with Gasteiger partial charge in [0.05, 0.1) is 6.42 Å². The summed E-state index contributed by atoms with van der Waals surface area (Å²) in [5.74, 6) is -0.693. The third-order valence-corrected chi connectivity index (χ3v) is 5.46. The van der Waals surface area contributed by atoms with Crippen LogP contribution in [0.15, 0.2) is 53.2 Å². The van der Waals surface area contributed by atoms with Crippen LogP contribution in [0.4, 0.5) is 8.78 Å². The molecule has 6 nitrogen and oxygen atoms in total. The number of hydrogen-bond acceptors (Lipinski definition) is 4. The number of amides is 1. The Hall–Kier alpha value is -3.55. The molecule has 1 amide bonds. The molecule has 0 radical (unpaired) electrons. The van der Waals surface area contributed by atoms with E-state index in [9.17, 15) is 13.6 Å². The zero-order chi connectivity index (χ0) is 20.7. The van der Waals surface area contributed by atoms with E-state index in [0.717, 1.165) is 22.5 Å². The third kappa shape index (κ3) is 3.45. The number of H-pyrrole nitrogens is 1. The molecule has 1 atom stereocenters. The standard InChI is InChI=1S/C22H18F2N4O2/c23-16-6-5-13(18(24)9-16)11-28-12-15(8-21(28)29)22-26-20(30-27-22)7-14-10-25-19-4-2-1-3-17(14)19/h1-6,9-10,15,25H,7-8,11-12H2. The first-order chi connectivity index (χ1) is 14.6. The van der Waals surface area contributed by atoms with Crippen LogP contribution in [0.25, 0.3) is 10.9 Å². The molecule has 1 saturated heterocycles. The summed E-state index contributed by atoms with van der Waals surface area (Å²) in [6, 6.07) is 11.3. The van der Waals surface area contributed by atoms with Crippen molar-refractivity contribution in [2.24, 2.45) is 0 Å². The molecule has 1 aliphatic heterocycles. The molecule has 1 fully saturated rings. The van der Waals surface area contributed by atoms with Crippen LogP contribution in [0.1, 0.15) is 35.2 Å². The van der Waals surface area contributed by atoms with E-state index >= 15 is 0 Å². The van der Waals surface area contributed by atoms with Gasteiger partial charge < -0.3 is 14.4 Å². The molecular formula is C22H18F2N4O2. The van der Waals surface area contributed by atoms with Crippen molar-refractivity contribution in [1.82, 2.24) is 20.0 Å². The predicted octanol–water partition coefficient (Wildman–Crippen LogP) is 3.94. The summed E-state index contributed by atoms with van der Waals surface area (Å²) < 4.78 is 32.4. The van der Waals surface area contributed by atoms with Crippen LogP contribution in [0, 0.1) is 11.6 Å². The molecule has 0 aliphatic carbocycles. The van der Waals surface area contributed by atoms with E-state index in [-0.39, 0.29) is 30.4 Å². The molecule has 2 aromatic carbocycles. The van der Waals surface area contributed by atoms with Crippen molar-refractivity contribution < 1.29 is 18.1 Å². The Morgan fingerprint density at radius 1 is 1.17 bits per heavy atom. The maximum atomic E-state index is 13.9. The summed E-state index contributed by atoms with van der Waals surface area (Å²) >= 11 is 0. The lowest BCUT2D eigenvalue weighted by atomic mass is 10.1. The van der Waals surface area contributed by atoms with Crippen LogP contribution < -0.4 is 0 Å². The Bertz CT molecular complexity index is 1230. The molecule has 1 N–H and O–H groups in total. The van der Waals surface area contributed by atoms with Crippen molar-refractivity contribution in [2.75, 3.05) is 6.54 Å². The summed E-state index contributed by atoms with van der Waals surface area (Å²) in [7, 11) is 0. The summed E-state index contributed by atoms with van der Waals surface area (Å²) in [4.78, 5) is 21.6. The molecular weight excluding hydrogens is 390 g/mol. The second kappa shape index (κ2) is 7.37. The highest BCUT2D eigenvalue weighted by Gasteiger charge is 2.34. The molecule has 3 heterocycles. The summed E-state index contributed by atoms with van der Waals surface area (Å²) in [6.07, 6.45) is 2.64. The smallest absolute Gasteiger partial charge is 0.231 e. The van der Waals surface area contributed by atoms with Crippen LogP contribution in [0.3, 0.4) is 0 Å². The fourth-order valence-corrected chi connectivity index (χ4v) is 3.90. The number of likely N-dealkylation sites (tertiary alicyclic amines) is 1.